The van der Waals surface area contributed by atoms with Gasteiger partial charge in [-0.15, -0.1) is 0 Å². The summed E-state index contributed by atoms with van der Waals surface area (Å²) in [6.45, 7) is 13.6. The monoisotopic (exact) mass is 497 g/mol. The van der Waals surface area contributed by atoms with Crippen LogP contribution in [0.3, 0.4) is 0 Å². The molecule has 5 rings (SSSR count). The fourth-order valence-corrected chi connectivity index (χ4v) is 5.21. The number of aromatic nitrogens is 2. The lowest BCUT2D eigenvalue weighted by Crippen LogP contribution is -2.43. The molecule has 192 valence electrons. The summed E-state index contributed by atoms with van der Waals surface area (Å²) in [4.78, 5) is 31.8. The molecule has 1 amide bonds. The van der Waals surface area contributed by atoms with Crippen LogP contribution in [0, 0.1) is 16.7 Å². The summed E-state index contributed by atoms with van der Waals surface area (Å²) >= 11 is 0. The first kappa shape index (κ1) is 25.1. The maximum absolute atomic E-state index is 13.9. The number of amides is 1. The number of piperazine rings is 1. The number of rotatable bonds is 4. The number of hydrogen-bond acceptors (Lipinski definition) is 7. The Hall–Kier alpha value is -3.54. The van der Waals surface area contributed by atoms with E-state index < -0.39 is 0 Å². The van der Waals surface area contributed by atoms with Crippen molar-refractivity contribution in [3.8, 4) is 6.07 Å². The number of carbonyl (C=O) groups excluding carboxylic acids is 1. The van der Waals surface area contributed by atoms with E-state index in [1.807, 2.05) is 35.2 Å². The molecule has 0 bridgehead atoms. The van der Waals surface area contributed by atoms with Crippen molar-refractivity contribution in [2.75, 3.05) is 62.7 Å². The number of hydrogen-bond donors (Lipinski definition) is 0. The van der Waals surface area contributed by atoms with Crippen LogP contribution >= 0.6 is 0 Å². The van der Waals surface area contributed by atoms with Crippen LogP contribution in [0.5, 0.6) is 0 Å². The van der Waals surface area contributed by atoms with E-state index in [0.29, 0.717) is 24.2 Å². The number of likely N-dealkylation sites (N-methyl/N-ethyl adjacent to an activating group) is 1. The summed E-state index contributed by atoms with van der Waals surface area (Å²) < 4.78 is 0. The summed E-state index contributed by atoms with van der Waals surface area (Å²) in [5, 5.41) is 10.4. The Morgan fingerprint density at radius 3 is 2.38 bits per heavy atom. The Morgan fingerprint density at radius 1 is 0.973 bits per heavy atom. The molecule has 2 aliphatic heterocycles. The van der Waals surface area contributed by atoms with Crippen molar-refractivity contribution in [3.05, 3.63) is 59.4 Å². The topological polar surface area (TPSA) is 79.6 Å². The minimum atomic E-state index is -0.0356. The van der Waals surface area contributed by atoms with Crippen molar-refractivity contribution in [1.29, 1.82) is 5.26 Å². The lowest BCUT2D eigenvalue weighted by molar-refractivity contribution is 0.0988. The average molecular weight is 498 g/mol. The van der Waals surface area contributed by atoms with Gasteiger partial charge in [-0.25, -0.2) is 9.97 Å². The Morgan fingerprint density at radius 2 is 1.70 bits per heavy atom. The van der Waals surface area contributed by atoms with Gasteiger partial charge in [0, 0.05) is 57.9 Å². The van der Waals surface area contributed by atoms with Crippen molar-refractivity contribution >= 4 is 28.3 Å². The van der Waals surface area contributed by atoms with Crippen LogP contribution in [-0.4, -0.2) is 78.5 Å². The van der Waals surface area contributed by atoms with Gasteiger partial charge < -0.3 is 14.7 Å². The van der Waals surface area contributed by atoms with Gasteiger partial charge in [0.2, 0.25) is 5.82 Å². The van der Waals surface area contributed by atoms with E-state index in [2.05, 4.69) is 70.7 Å². The van der Waals surface area contributed by atoms with Gasteiger partial charge in [-0.2, -0.15) is 5.26 Å². The maximum atomic E-state index is 13.9. The minimum absolute atomic E-state index is 0.0117. The molecule has 1 fully saturated rings. The molecule has 37 heavy (non-hydrogen) atoms. The molecule has 0 aliphatic carbocycles. The highest BCUT2D eigenvalue weighted by Crippen LogP contribution is 2.37. The molecule has 3 heterocycles. The molecule has 1 aromatic heterocycles. The zero-order valence-electron chi connectivity index (χ0n) is 22.2. The van der Waals surface area contributed by atoms with Crippen LogP contribution in [0.1, 0.15) is 42.5 Å². The summed E-state index contributed by atoms with van der Waals surface area (Å²) in [6.07, 6.45) is 0. The lowest BCUT2D eigenvalue weighted by atomic mass is 9.96. The number of carbonyl (C=O) groups is 1. The van der Waals surface area contributed by atoms with Gasteiger partial charge in [-0.05, 0) is 42.3 Å². The lowest BCUT2D eigenvalue weighted by Gasteiger charge is -2.32. The number of benzene rings is 2. The highest BCUT2D eigenvalue weighted by atomic mass is 16.2. The fourth-order valence-electron chi connectivity index (χ4n) is 5.21. The average Bonchev–Trinajstić information content (AvgIpc) is 3.02. The standard InChI is InChI=1S/C29H35N7O/c1-29(2,3)20-35-16-17-36(24-7-5-6-23-26(24)27(35)32-25(18-30)31-23)28(37)22-10-8-21(9-11-22)19-34-14-12-33(4)13-15-34/h5-11H,12-17,19-20H2,1-4H3. The third-order valence-electron chi connectivity index (χ3n) is 7.08. The largest absolute Gasteiger partial charge is 0.354 e. The minimum Gasteiger partial charge on any atom is -0.354 e. The van der Waals surface area contributed by atoms with Crippen molar-refractivity contribution in [3.63, 3.8) is 0 Å². The molecule has 2 aliphatic rings. The zero-order valence-corrected chi connectivity index (χ0v) is 22.2. The number of anilines is 2. The molecule has 0 saturated carbocycles. The van der Waals surface area contributed by atoms with Gasteiger partial charge in [-0.1, -0.05) is 39.0 Å². The van der Waals surface area contributed by atoms with Crippen LogP contribution in [-0.2, 0) is 6.54 Å². The van der Waals surface area contributed by atoms with Crippen molar-refractivity contribution in [1.82, 2.24) is 19.8 Å². The second-order valence-electron chi connectivity index (χ2n) is 11.4. The third-order valence-corrected chi connectivity index (χ3v) is 7.08. The van der Waals surface area contributed by atoms with E-state index in [9.17, 15) is 10.1 Å². The van der Waals surface area contributed by atoms with Gasteiger partial charge in [0.15, 0.2) is 0 Å². The van der Waals surface area contributed by atoms with Gasteiger partial charge in [0.25, 0.3) is 5.91 Å². The smallest absolute Gasteiger partial charge is 0.258 e. The van der Waals surface area contributed by atoms with Gasteiger partial charge >= 0.3 is 0 Å². The summed E-state index contributed by atoms with van der Waals surface area (Å²) in [7, 11) is 2.16. The van der Waals surface area contributed by atoms with Gasteiger partial charge in [-0.3, -0.25) is 9.69 Å². The van der Waals surface area contributed by atoms with Crippen LogP contribution < -0.4 is 9.80 Å². The summed E-state index contributed by atoms with van der Waals surface area (Å²) in [5.74, 6) is 0.839. The first-order valence-electron chi connectivity index (χ1n) is 13.0. The van der Waals surface area contributed by atoms with E-state index in [0.717, 1.165) is 56.2 Å². The zero-order chi connectivity index (χ0) is 26.2. The highest BCUT2D eigenvalue weighted by Gasteiger charge is 2.30. The molecule has 0 N–H and O–H groups in total. The number of nitrogens with zero attached hydrogens (tertiary/aromatic N) is 7. The van der Waals surface area contributed by atoms with Crippen molar-refractivity contribution in [2.24, 2.45) is 5.41 Å². The molecule has 8 heteroatoms. The molecule has 0 unspecified atom stereocenters. The normalized spacial score (nSPS) is 17.1. The van der Waals surface area contributed by atoms with Crippen LogP contribution in [0.4, 0.5) is 11.5 Å². The molecule has 0 spiro atoms. The fraction of sp³-hybridized carbons (Fsp3) is 0.448. The van der Waals surface area contributed by atoms with Crippen LogP contribution in [0.2, 0.25) is 0 Å². The molecule has 3 aromatic rings. The first-order chi connectivity index (χ1) is 17.7. The molecular weight excluding hydrogens is 462 g/mol. The Bertz CT molecular complexity index is 1330. The molecule has 8 nitrogen and oxygen atoms in total. The van der Waals surface area contributed by atoms with Crippen molar-refractivity contribution < 1.29 is 4.79 Å². The molecule has 0 atom stereocenters. The SMILES string of the molecule is CN1CCN(Cc2ccc(C(=O)N3CCN(CC(C)(C)C)c4nc(C#N)nc5cccc3c45)cc2)CC1. The maximum Gasteiger partial charge on any atom is 0.258 e. The first-order valence-corrected chi connectivity index (χ1v) is 13.0. The predicted molar refractivity (Wildman–Crippen MR) is 147 cm³/mol. The van der Waals surface area contributed by atoms with Crippen LogP contribution in [0.15, 0.2) is 42.5 Å². The van der Waals surface area contributed by atoms with Gasteiger partial charge in [0.1, 0.15) is 11.9 Å². The molecular formula is C29H35N7O. The second-order valence-corrected chi connectivity index (χ2v) is 11.4. The molecule has 1 saturated heterocycles. The third kappa shape index (κ3) is 5.43. The van der Waals surface area contributed by atoms with E-state index in [4.69, 9.17) is 0 Å². The Labute approximate surface area is 219 Å². The molecule has 2 aromatic carbocycles. The van der Waals surface area contributed by atoms with Crippen LogP contribution in [0.25, 0.3) is 10.9 Å². The predicted octanol–water partition coefficient (Wildman–Crippen LogP) is 3.76. The number of nitriles is 1. The second kappa shape index (κ2) is 10.1. The van der Waals surface area contributed by atoms with E-state index in [1.165, 1.54) is 5.56 Å². The van der Waals surface area contributed by atoms with E-state index in [1.54, 1.807) is 0 Å². The Balaban J connectivity index is 1.45. The highest BCUT2D eigenvalue weighted by molar-refractivity contribution is 6.13. The van der Waals surface area contributed by atoms with E-state index in [-0.39, 0.29) is 17.1 Å². The molecule has 0 radical (unpaired) electrons. The Kier molecular flexibility index (Phi) is 6.84. The van der Waals surface area contributed by atoms with Gasteiger partial charge in [0.05, 0.1) is 16.6 Å². The van der Waals surface area contributed by atoms with Crippen molar-refractivity contribution in [2.45, 2.75) is 27.3 Å². The van der Waals surface area contributed by atoms with E-state index >= 15 is 0 Å². The quantitative estimate of drug-likeness (QED) is 0.543. The summed E-state index contributed by atoms with van der Waals surface area (Å²) in [6, 6.07) is 15.9. The summed E-state index contributed by atoms with van der Waals surface area (Å²) in [5.41, 5.74) is 3.37.